The molecule has 3 rings (SSSR count). The van der Waals surface area contributed by atoms with Crippen LogP contribution in [0.25, 0.3) is 0 Å². The Morgan fingerprint density at radius 3 is 2.28 bits per heavy atom. The van der Waals surface area contributed by atoms with Gasteiger partial charge in [-0.25, -0.2) is 13.1 Å². The highest BCUT2D eigenvalue weighted by Crippen LogP contribution is 2.43. The normalized spacial score (nSPS) is 15.0. The molecule has 1 aliphatic heterocycles. The van der Waals surface area contributed by atoms with Crippen molar-refractivity contribution < 1.29 is 17.9 Å². The maximum absolute atomic E-state index is 12.1. The topological polar surface area (TPSA) is 84.5 Å². The molecular weight excluding hydrogens is 464 g/mol. The Balaban J connectivity index is 1.41. The van der Waals surface area contributed by atoms with Crippen molar-refractivity contribution in [3.63, 3.8) is 0 Å². The molecule has 2 N–H and O–H groups in total. The van der Waals surface area contributed by atoms with Gasteiger partial charge >= 0.3 is 0 Å². The van der Waals surface area contributed by atoms with E-state index < -0.39 is 10.0 Å². The average molecular weight is 495 g/mol. The third-order valence-corrected chi connectivity index (χ3v) is 9.19. The highest BCUT2D eigenvalue weighted by molar-refractivity contribution is 8.16. The van der Waals surface area contributed by atoms with Gasteiger partial charge < -0.3 is 10.1 Å². The minimum absolute atomic E-state index is 0.0521. The van der Waals surface area contributed by atoms with Gasteiger partial charge in [-0.1, -0.05) is 36.4 Å². The summed E-state index contributed by atoms with van der Waals surface area (Å²) in [4.78, 5) is 12.1. The molecule has 0 aliphatic carbocycles. The van der Waals surface area contributed by atoms with E-state index >= 15 is 0 Å². The van der Waals surface area contributed by atoms with Crippen molar-refractivity contribution in [1.29, 1.82) is 0 Å². The maximum atomic E-state index is 12.1. The Labute approximate surface area is 199 Å². The number of amides is 1. The monoisotopic (exact) mass is 494 g/mol. The number of ether oxygens (including phenoxy) is 1. The Morgan fingerprint density at radius 2 is 1.66 bits per heavy atom. The number of benzene rings is 2. The molecule has 174 valence electrons. The minimum Gasteiger partial charge on any atom is -0.484 e. The quantitative estimate of drug-likeness (QED) is 0.518. The van der Waals surface area contributed by atoms with Gasteiger partial charge in [0.2, 0.25) is 10.0 Å². The SMILES string of the molecule is CC(C)NS(=O)(=O)Cc1ccc(CNC(=O)COc2ccc(C3SCCCS3)cc2)cc1. The Hall–Kier alpha value is -1.68. The second-order valence-electron chi connectivity index (χ2n) is 7.91. The van der Waals surface area contributed by atoms with Crippen molar-refractivity contribution in [2.75, 3.05) is 18.1 Å². The molecule has 6 nitrogen and oxygen atoms in total. The number of carbonyl (C=O) groups is 1. The van der Waals surface area contributed by atoms with E-state index in [9.17, 15) is 13.2 Å². The molecule has 0 atom stereocenters. The molecule has 9 heteroatoms. The van der Waals surface area contributed by atoms with Crippen LogP contribution in [0.2, 0.25) is 0 Å². The van der Waals surface area contributed by atoms with Crippen molar-refractivity contribution in [2.24, 2.45) is 0 Å². The van der Waals surface area contributed by atoms with Gasteiger partial charge in [0.25, 0.3) is 5.91 Å². The summed E-state index contributed by atoms with van der Waals surface area (Å²) in [6, 6.07) is 15.0. The number of nitrogens with one attached hydrogen (secondary N) is 2. The Kier molecular flexibility index (Phi) is 9.34. The molecule has 1 aliphatic rings. The third-order valence-electron chi connectivity index (χ3n) is 4.63. The lowest BCUT2D eigenvalue weighted by Crippen LogP contribution is -2.31. The fourth-order valence-corrected chi connectivity index (χ4v) is 7.50. The van der Waals surface area contributed by atoms with Gasteiger partial charge in [0.15, 0.2) is 6.61 Å². The van der Waals surface area contributed by atoms with E-state index in [1.807, 2.05) is 47.8 Å². The van der Waals surface area contributed by atoms with Crippen LogP contribution >= 0.6 is 23.5 Å². The van der Waals surface area contributed by atoms with E-state index in [0.717, 1.165) is 5.56 Å². The summed E-state index contributed by atoms with van der Waals surface area (Å²) in [6.07, 6.45) is 1.27. The highest BCUT2D eigenvalue weighted by atomic mass is 32.2. The fraction of sp³-hybridized carbons (Fsp3) is 0.435. The van der Waals surface area contributed by atoms with Crippen LogP contribution < -0.4 is 14.8 Å². The van der Waals surface area contributed by atoms with Crippen LogP contribution in [0, 0.1) is 0 Å². The first-order valence-corrected chi connectivity index (χ1v) is 14.4. The number of carbonyl (C=O) groups excluding carboxylic acids is 1. The zero-order chi connectivity index (χ0) is 23.0. The molecule has 2 aromatic carbocycles. The van der Waals surface area contributed by atoms with Crippen molar-refractivity contribution in [1.82, 2.24) is 10.0 Å². The largest absolute Gasteiger partial charge is 0.484 e. The molecular formula is C23H30N2O4S3. The average Bonchev–Trinajstić information content (AvgIpc) is 2.77. The van der Waals surface area contributed by atoms with Crippen molar-refractivity contribution in [3.05, 3.63) is 65.2 Å². The number of hydrogen-bond donors (Lipinski definition) is 2. The molecule has 1 heterocycles. The van der Waals surface area contributed by atoms with Crippen LogP contribution in [0.5, 0.6) is 5.75 Å². The first-order valence-electron chi connectivity index (χ1n) is 10.6. The molecule has 0 spiro atoms. The predicted molar refractivity (Wildman–Crippen MR) is 133 cm³/mol. The summed E-state index contributed by atoms with van der Waals surface area (Å²) < 4.78 is 32.7. The highest BCUT2D eigenvalue weighted by Gasteiger charge is 2.16. The molecule has 2 aromatic rings. The van der Waals surface area contributed by atoms with E-state index in [-0.39, 0.29) is 24.3 Å². The van der Waals surface area contributed by atoms with Gasteiger partial charge in [0, 0.05) is 12.6 Å². The fourth-order valence-electron chi connectivity index (χ4n) is 3.18. The van der Waals surface area contributed by atoms with Crippen molar-refractivity contribution in [3.8, 4) is 5.75 Å². The van der Waals surface area contributed by atoms with Crippen LogP contribution in [-0.2, 0) is 27.1 Å². The molecule has 1 saturated heterocycles. The van der Waals surface area contributed by atoms with Gasteiger partial charge in [-0.3, -0.25) is 4.79 Å². The molecule has 1 fully saturated rings. The Morgan fingerprint density at radius 1 is 1.03 bits per heavy atom. The number of thioether (sulfide) groups is 2. The summed E-state index contributed by atoms with van der Waals surface area (Å²) in [5, 5.41) is 2.82. The van der Waals surface area contributed by atoms with Gasteiger partial charge in [-0.15, -0.1) is 23.5 Å². The summed E-state index contributed by atoms with van der Waals surface area (Å²) in [5.74, 6) is 2.80. The molecule has 32 heavy (non-hydrogen) atoms. The molecule has 0 unspecified atom stereocenters. The second kappa shape index (κ2) is 12.0. The third kappa shape index (κ3) is 8.35. The van der Waals surface area contributed by atoms with Gasteiger partial charge in [-0.05, 0) is 60.6 Å². The lowest BCUT2D eigenvalue weighted by atomic mass is 10.1. The predicted octanol–water partition coefficient (Wildman–Crippen LogP) is 4.08. The maximum Gasteiger partial charge on any atom is 0.258 e. The van der Waals surface area contributed by atoms with Crippen LogP contribution in [0.3, 0.4) is 0 Å². The van der Waals surface area contributed by atoms with Crippen LogP contribution in [0.15, 0.2) is 48.5 Å². The molecule has 0 radical (unpaired) electrons. The summed E-state index contributed by atoms with van der Waals surface area (Å²) >= 11 is 3.95. The van der Waals surface area contributed by atoms with Crippen LogP contribution in [-0.4, -0.2) is 38.5 Å². The number of hydrogen-bond acceptors (Lipinski definition) is 6. The zero-order valence-electron chi connectivity index (χ0n) is 18.4. The van der Waals surface area contributed by atoms with Crippen LogP contribution in [0.4, 0.5) is 0 Å². The molecule has 1 amide bonds. The summed E-state index contributed by atoms with van der Waals surface area (Å²) in [5.41, 5.74) is 2.88. The smallest absolute Gasteiger partial charge is 0.258 e. The zero-order valence-corrected chi connectivity index (χ0v) is 20.8. The minimum atomic E-state index is -3.35. The van der Waals surface area contributed by atoms with E-state index in [0.29, 0.717) is 22.4 Å². The van der Waals surface area contributed by atoms with Crippen molar-refractivity contribution in [2.45, 2.75) is 43.2 Å². The molecule has 0 saturated carbocycles. The molecule has 0 aromatic heterocycles. The van der Waals surface area contributed by atoms with Gasteiger partial charge in [0.05, 0.1) is 10.3 Å². The number of sulfonamides is 1. The standard InChI is InChI=1S/C23H30N2O4S3/c1-17(2)25-32(27,28)16-19-6-4-18(5-7-19)14-24-22(26)15-29-21-10-8-20(9-11-21)23-30-12-3-13-31-23/h4-11,17,23,25H,3,12-16H2,1-2H3,(H,24,26). The Bertz CT molecular complexity index is 971. The van der Waals surface area contributed by atoms with Gasteiger partial charge in [0.1, 0.15) is 5.75 Å². The second-order valence-corrected chi connectivity index (χ2v) is 12.4. The lowest BCUT2D eigenvalue weighted by Gasteiger charge is -2.21. The van der Waals surface area contributed by atoms with Crippen LogP contribution in [0.1, 0.15) is 41.5 Å². The van der Waals surface area contributed by atoms with E-state index in [1.165, 1.54) is 23.5 Å². The van der Waals surface area contributed by atoms with E-state index in [2.05, 4.69) is 22.2 Å². The van der Waals surface area contributed by atoms with E-state index in [1.54, 1.807) is 26.0 Å². The lowest BCUT2D eigenvalue weighted by molar-refractivity contribution is -0.123. The molecule has 0 bridgehead atoms. The van der Waals surface area contributed by atoms with Gasteiger partial charge in [-0.2, -0.15) is 0 Å². The van der Waals surface area contributed by atoms with E-state index in [4.69, 9.17) is 4.74 Å². The van der Waals surface area contributed by atoms with Crippen molar-refractivity contribution >= 4 is 39.5 Å². The summed E-state index contributed by atoms with van der Waals surface area (Å²) in [6.45, 7) is 3.88. The first kappa shape index (κ1) is 25.0. The first-order chi connectivity index (χ1) is 15.3. The summed E-state index contributed by atoms with van der Waals surface area (Å²) in [7, 11) is -3.35. The number of rotatable bonds is 10.